The Balaban J connectivity index is 2.52. The second-order valence-electron chi connectivity index (χ2n) is 9.82. The molecule has 40 heavy (non-hydrogen) atoms. The summed E-state index contributed by atoms with van der Waals surface area (Å²) < 4.78 is 52.5. The van der Waals surface area contributed by atoms with Gasteiger partial charge in [-0.05, 0) is 54.9 Å². The molecule has 1 saturated heterocycles. The quantitative estimate of drug-likeness (QED) is 0.202. The van der Waals surface area contributed by atoms with Crippen molar-refractivity contribution in [2.45, 2.75) is 97.9 Å². The second kappa shape index (κ2) is 16.3. The topological polar surface area (TPSA) is 154 Å². The molecular formula is C25H44N4O9P2. The molecule has 0 radical (unpaired) electrons. The number of ether oxygens (including phenoxy) is 2. The Morgan fingerprint density at radius 3 is 2.33 bits per heavy atom. The van der Waals surface area contributed by atoms with E-state index in [4.69, 9.17) is 32.8 Å². The minimum atomic E-state index is -3.41. The van der Waals surface area contributed by atoms with Gasteiger partial charge >= 0.3 is 13.3 Å². The van der Waals surface area contributed by atoms with E-state index in [1.165, 1.54) is 17.9 Å². The molecule has 0 amide bonds. The Labute approximate surface area is 237 Å². The van der Waals surface area contributed by atoms with Gasteiger partial charge in [0.2, 0.25) is 0 Å². The highest BCUT2D eigenvalue weighted by molar-refractivity contribution is 7.53. The van der Waals surface area contributed by atoms with E-state index in [2.05, 4.69) is 15.7 Å². The molecule has 0 bridgehead atoms. The summed E-state index contributed by atoms with van der Waals surface area (Å²) in [5, 5.41) is 9.08. The third-order valence-electron chi connectivity index (χ3n) is 6.19. The zero-order valence-corrected chi connectivity index (χ0v) is 26.5. The van der Waals surface area contributed by atoms with Crippen molar-refractivity contribution in [2.75, 3.05) is 33.1 Å². The first-order chi connectivity index (χ1) is 18.9. The van der Waals surface area contributed by atoms with E-state index < -0.39 is 51.9 Å². The maximum atomic E-state index is 13.3. The Morgan fingerprint density at radius 2 is 1.80 bits per heavy atom. The van der Waals surface area contributed by atoms with Gasteiger partial charge in [0.1, 0.15) is 12.2 Å². The zero-order chi connectivity index (χ0) is 30.0. The molecule has 1 fully saturated rings. The van der Waals surface area contributed by atoms with Crippen LogP contribution in [0.5, 0.6) is 0 Å². The number of nitriles is 1. The van der Waals surface area contributed by atoms with Gasteiger partial charge in [-0.2, -0.15) is 5.26 Å². The van der Waals surface area contributed by atoms with Crippen molar-refractivity contribution in [3.63, 3.8) is 0 Å². The van der Waals surface area contributed by atoms with E-state index in [0.717, 1.165) is 0 Å². The summed E-state index contributed by atoms with van der Waals surface area (Å²) in [7, 11) is -3.63. The molecule has 2 rings (SSSR count). The van der Waals surface area contributed by atoms with E-state index in [0.29, 0.717) is 5.56 Å². The van der Waals surface area contributed by atoms with Gasteiger partial charge in [-0.3, -0.25) is 18.9 Å². The van der Waals surface area contributed by atoms with E-state index in [1.807, 2.05) is 27.7 Å². The third-order valence-corrected chi connectivity index (χ3v) is 10.4. The van der Waals surface area contributed by atoms with Crippen LogP contribution >= 0.6 is 16.1 Å². The molecule has 1 unspecified atom stereocenters. The number of aryl methyl sites for hydroxylation is 1. The van der Waals surface area contributed by atoms with Crippen LogP contribution in [-0.2, 0) is 32.1 Å². The lowest BCUT2D eigenvalue weighted by molar-refractivity contribution is -0.0541. The lowest BCUT2D eigenvalue weighted by Gasteiger charge is -2.38. The average Bonchev–Trinajstić information content (AvgIpc) is 3.21. The van der Waals surface area contributed by atoms with Crippen molar-refractivity contribution >= 4 is 16.1 Å². The molecule has 1 N–H and O–H groups in total. The highest BCUT2D eigenvalue weighted by Gasteiger charge is 2.50. The largest absolute Gasteiger partial charge is 0.374 e. The van der Waals surface area contributed by atoms with Crippen LogP contribution < -0.4 is 11.2 Å². The van der Waals surface area contributed by atoms with Gasteiger partial charge in [-0.1, -0.05) is 0 Å². The average molecular weight is 607 g/mol. The number of rotatable bonds is 17. The minimum Gasteiger partial charge on any atom is -0.374 e. The lowest BCUT2D eigenvalue weighted by Crippen LogP contribution is -2.41. The molecule has 13 nitrogen and oxygen atoms in total. The number of nitrogens with zero attached hydrogens (tertiary/aromatic N) is 3. The number of hydrogen-bond donors (Lipinski definition) is 1. The summed E-state index contributed by atoms with van der Waals surface area (Å²) in [6.45, 7) is 13.8. The van der Waals surface area contributed by atoms with Crippen molar-refractivity contribution in [2.24, 2.45) is 0 Å². The molecule has 5 atom stereocenters. The molecule has 1 aliphatic heterocycles. The first-order valence-corrected chi connectivity index (χ1v) is 16.4. The number of hydrogen-bond acceptors (Lipinski definition) is 11. The van der Waals surface area contributed by atoms with E-state index in [-0.39, 0.29) is 50.9 Å². The molecule has 0 aromatic carbocycles. The van der Waals surface area contributed by atoms with Gasteiger partial charge in [0.25, 0.3) is 14.1 Å². The summed E-state index contributed by atoms with van der Waals surface area (Å²) in [4.78, 5) is 27.1. The second-order valence-corrected chi connectivity index (χ2v) is 13.4. The lowest BCUT2D eigenvalue weighted by atomic mass is 10.1. The van der Waals surface area contributed by atoms with Gasteiger partial charge < -0.3 is 27.6 Å². The summed E-state index contributed by atoms with van der Waals surface area (Å²) in [6.07, 6.45) is -1.35. The molecule has 15 heteroatoms. The summed E-state index contributed by atoms with van der Waals surface area (Å²) in [6, 6.07) is 2.18. The molecule has 0 saturated carbocycles. The van der Waals surface area contributed by atoms with Crippen molar-refractivity contribution in [1.29, 1.82) is 5.26 Å². The first-order valence-electron chi connectivity index (χ1n) is 13.6. The summed E-state index contributed by atoms with van der Waals surface area (Å²) in [5.74, 6) is 0. The number of nitrogens with one attached hydrogen (secondary N) is 1. The van der Waals surface area contributed by atoms with Crippen LogP contribution in [0.4, 0.5) is 0 Å². The molecule has 0 spiro atoms. The van der Waals surface area contributed by atoms with Crippen LogP contribution in [0.3, 0.4) is 0 Å². The van der Waals surface area contributed by atoms with Crippen molar-refractivity contribution in [3.8, 4) is 6.07 Å². The molecule has 1 aliphatic rings. The standard InChI is InChI=1S/C25H44N4O9P2/c1-9-35-40(32,36-10-2)15-12-20-21(38-39(34-14-11-13-26)29(17(3)4)18(5)6)22(33-8)24(37-20)28-16-19(7)23(30)27-25(28)31/h16-18,20-22,24H,9-12,14-15H2,1-8H3,(H,27,30,31)/t20-,21-,22-,24-,39?/m1/s1. The number of methoxy groups -OCH3 is 1. The van der Waals surface area contributed by atoms with Crippen LogP contribution in [0.1, 0.15) is 66.2 Å². The van der Waals surface area contributed by atoms with Gasteiger partial charge in [0, 0.05) is 31.0 Å². The van der Waals surface area contributed by atoms with Gasteiger partial charge in [-0.15, -0.1) is 0 Å². The first kappa shape index (κ1) is 34.7. The van der Waals surface area contributed by atoms with Crippen LogP contribution in [0.25, 0.3) is 0 Å². The highest BCUT2D eigenvalue weighted by atomic mass is 31.2. The third kappa shape index (κ3) is 9.02. The smallest absolute Gasteiger partial charge is 0.330 e. The molecule has 0 aliphatic carbocycles. The molecule has 1 aromatic heterocycles. The minimum absolute atomic E-state index is 0.0475. The van der Waals surface area contributed by atoms with Crippen LogP contribution in [0, 0.1) is 18.3 Å². The molecular weight excluding hydrogens is 562 g/mol. The Hall–Kier alpha value is -1.45. The SMILES string of the molecule is CCOP(=O)(CC[C@H]1O[C@@H](n2cc(C)c(=O)[nH]c2=O)[C@H](OC)[C@@H]1OP(OCCC#N)N(C(C)C)C(C)C)OCC. The normalized spacial score (nSPS) is 22.4. The molecule has 2 heterocycles. The maximum absolute atomic E-state index is 13.3. The highest BCUT2D eigenvalue weighted by Crippen LogP contribution is 2.53. The zero-order valence-electron chi connectivity index (χ0n) is 24.7. The van der Waals surface area contributed by atoms with Gasteiger partial charge in [-0.25, -0.2) is 9.46 Å². The van der Waals surface area contributed by atoms with E-state index >= 15 is 0 Å². The Bertz CT molecular complexity index is 1120. The maximum Gasteiger partial charge on any atom is 0.330 e. The molecule has 1 aromatic rings. The Morgan fingerprint density at radius 1 is 1.18 bits per heavy atom. The predicted octanol–water partition coefficient (Wildman–Crippen LogP) is 4.07. The number of aromatic nitrogens is 2. The number of H-pyrrole nitrogens is 1. The molecule has 228 valence electrons. The monoisotopic (exact) mass is 606 g/mol. The van der Waals surface area contributed by atoms with Crippen LogP contribution in [0.2, 0.25) is 0 Å². The van der Waals surface area contributed by atoms with E-state index in [9.17, 15) is 14.2 Å². The summed E-state index contributed by atoms with van der Waals surface area (Å²) in [5.41, 5.74) is -0.829. The van der Waals surface area contributed by atoms with Crippen molar-refractivity contribution < 1.29 is 32.1 Å². The fraction of sp³-hybridized carbons (Fsp3) is 0.800. The van der Waals surface area contributed by atoms with Crippen LogP contribution in [-0.4, -0.2) is 77.7 Å². The van der Waals surface area contributed by atoms with Crippen molar-refractivity contribution in [1.82, 2.24) is 14.2 Å². The predicted molar refractivity (Wildman–Crippen MR) is 151 cm³/mol. The van der Waals surface area contributed by atoms with E-state index in [1.54, 1.807) is 20.8 Å². The fourth-order valence-electron chi connectivity index (χ4n) is 4.56. The fourth-order valence-corrected chi connectivity index (χ4v) is 8.02. The van der Waals surface area contributed by atoms with Crippen molar-refractivity contribution in [3.05, 3.63) is 32.6 Å². The number of aromatic amines is 1. The van der Waals surface area contributed by atoms with Crippen LogP contribution in [0.15, 0.2) is 15.8 Å². The van der Waals surface area contributed by atoms with Gasteiger partial charge in [0.15, 0.2) is 6.23 Å². The Kier molecular flexibility index (Phi) is 14.1. The summed E-state index contributed by atoms with van der Waals surface area (Å²) >= 11 is 0. The van der Waals surface area contributed by atoms with Gasteiger partial charge in [0.05, 0.1) is 44.6 Å².